The van der Waals surface area contributed by atoms with Gasteiger partial charge in [0.15, 0.2) is 0 Å². The van der Waals surface area contributed by atoms with Crippen LogP contribution in [0.4, 0.5) is 10.5 Å². The van der Waals surface area contributed by atoms with Gasteiger partial charge in [-0.15, -0.1) is 0 Å². The van der Waals surface area contributed by atoms with Crippen molar-refractivity contribution in [3.8, 4) is 0 Å². The van der Waals surface area contributed by atoms with Crippen molar-refractivity contribution in [2.24, 2.45) is 5.92 Å². The van der Waals surface area contributed by atoms with Crippen LogP contribution in [0.3, 0.4) is 0 Å². The van der Waals surface area contributed by atoms with Crippen LogP contribution in [-0.2, 0) is 4.79 Å². The molecule has 0 aromatic heterocycles. The third-order valence-corrected chi connectivity index (χ3v) is 3.55. The Hall–Kier alpha value is -2.04. The summed E-state index contributed by atoms with van der Waals surface area (Å²) < 4.78 is 0. The van der Waals surface area contributed by atoms with Crippen LogP contribution in [-0.4, -0.2) is 36.0 Å². The van der Waals surface area contributed by atoms with E-state index in [0.29, 0.717) is 5.69 Å². The van der Waals surface area contributed by atoms with Gasteiger partial charge < -0.3 is 15.5 Å². The molecule has 5 nitrogen and oxygen atoms in total. The molecule has 128 valence electrons. The Morgan fingerprint density at radius 3 is 2.09 bits per heavy atom. The highest BCUT2D eigenvalue weighted by atomic mass is 16.2. The van der Waals surface area contributed by atoms with Crippen molar-refractivity contribution in [1.82, 2.24) is 10.2 Å². The molecule has 1 aromatic carbocycles. The van der Waals surface area contributed by atoms with Gasteiger partial charge in [0, 0.05) is 18.8 Å². The number of anilines is 1. The molecule has 3 amide bonds. The molecule has 0 aliphatic carbocycles. The van der Waals surface area contributed by atoms with Gasteiger partial charge in [-0.3, -0.25) is 4.79 Å². The van der Waals surface area contributed by atoms with E-state index in [9.17, 15) is 9.59 Å². The minimum Gasteiger partial charge on any atom is -0.341 e. The molecule has 1 aromatic rings. The normalized spacial score (nSPS) is 11.9. The zero-order chi connectivity index (χ0) is 17.2. The van der Waals surface area contributed by atoms with Crippen molar-refractivity contribution in [3.63, 3.8) is 0 Å². The minimum atomic E-state index is -0.517. The topological polar surface area (TPSA) is 61.4 Å². The summed E-state index contributed by atoms with van der Waals surface area (Å²) in [5, 5.41) is 5.59. The molecule has 0 radical (unpaired) electrons. The Kier molecular flexibility index (Phi) is 8.16. The minimum absolute atomic E-state index is 0.00749. The lowest BCUT2D eigenvalue weighted by atomic mass is 10.0. The summed E-state index contributed by atoms with van der Waals surface area (Å²) >= 11 is 0. The second-order valence-electron chi connectivity index (χ2n) is 6.01. The van der Waals surface area contributed by atoms with Crippen LogP contribution in [0, 0.1) is 5.92 Å². The number of nitrogens with one attached hydrogen (secondary N) is 2. The molecule has 2 N–H and O–H groups in total. The Labute approximate surface area is 139 Å². The summed E-state index contributed by atoms with van der Waals surface area (Å²) in [5.41, 5.74) is 0.707. The number of amides is 3. The molecule has 0 aliphatic rings. The van der Waals surface area contributed by atoms with Crippen molar-refractivity contribution < 1.29 is 9.59 Å². The van der Waals surface area contributed by atoms with Crippen LogP contribution in [0.1, 0.15) is 40.5 Å². The van der Waals surface area contributed by atoms with Gasteiger partial charge in [-0.1, -0.05) is 45.9 Å². The molecule has 0 saturated carbocycles. The predicted octanol–water partition coefficient (Wildman–Crippen LogP) is 3.48. The van der Waals surface area contributed by atoms with E-state index >= 15 is 0 Å². The monoisotopic (exact) mass is 319 g/mol. The number of carbonyl (C=O) groups is 2. The van der Waals surface area contributed by atoms with Gasteiger partial charge in [0.25, 0.3) is 0 Å². The third-order valence-electron chi connectivity index (χ3n) is 3.55. The van der Waals surface area contributed by atoms with Crippen molar-refractivity contribution in [3.05, 3.63) is 30.3 Å². The lowest BCUT2D eigenvalue weighted by molar-refractivity contribution is -0.134. The van der Waals surface area contributed by atoms with Crippen LogP contribution in [0.2, 0.25) is 0 Å². The Morgan fingerprint density at radius 2 is 1.61 bits per heavy atom. The first-order chi connectivity index (χ1) is 11.0. The van der Waals surface area contributed by atoms with Gasteiger partial charge in [0.2, 0.25) is 5.91 Å². The molecule has 1 atom stereocenters. The highest BCUT2D eigenvalue weighted by Gasteiger charge is 2.27. The van der Waals surface area contributed by atoms with Crippen molar-refractivity contribution >= 4 is 17.6 Å². The molecular weight excluding hydrogens is 290 g/mol. The molecular formula is C18H29N3O2. The summed E-state index contributed by atoms with van der Waals surface area (Å²) in [5.74, 6) is 0.0205. The van der Waals surface area contributed by atoms with E-state index in [1.807, 2.05) is 49.1 Å². The number of hydrogen-bond donors (Lipinski definition) is 2. The molecule has 23 heavy (non-hydrogen) atoms. The standard InChI is InChI=1S/C18H29N3O2/c1-5-12-21(13-6-2)17(22)16(14(3)4)20-18(23)19-15-10-8-7-9-11-15/h7-11,14,16H,5-6,12-13H2,1-4H3,(H2,19,20,23). The second kappa shape index (κ2) is 9.87. The van der Waals surface area contributed by atoms with Crippen LogP contribution >= 0.6 is 0 Å². The first-order valence-electron chi connectivity index (χ1n) is 8.40. The van der Waals surface area contributed by atoms with E-state index in [1.165, 1.54) is 0 Å². The summed E-state index contributed by atoms with van der Waals surface area (Å²) in [7, 11) is 0. The zero-order valence-electron chi connectivity index (χ0n) is 14.6. The van der Waals surface area contributed by atoms with E-state index in [-0.39, 0.29) is 17.9 Å². The van der Waals surface area contributed by atoms with Crippen LogP contribution in [0.15, 0.2) is 30.3 Å². The molecule has 0 bridgehead atoms. The summed E-state index contributed by atoms with van der Waals surface area (Å²) in [6.07, 6.45) is 1.82. The first kappa shape index (κ1) is 19.0. The number of urea groups is 1. The molecule has 0 aliphatic heterocycles. The highest BCUT2D eigenvalue weighted by molar-refractivity contribution is 5.93. The second-order valence-corrected chi connectivity index (χ2v) is 6.01. The molecule has 5 heteroatoms. The van der Waals surface area contributed by atoms with E-state index in [1.54, 1.807) is 0 Å². The lowest BCUT2D eigenvalue weighted by Crippen LogP contribution is -2.52. The molecule has 1 rings (SSSR count). The van der Waals surface area contributed by atoms with Crippen LogP contribution in [0.25, 0.3) is 0 Å². The third kappa shape index (κ3) is 6.30. The van der Waals surface area contributed by atoms with Gasteiger partial charge in [-0.05, 0) is 30.9 Å². The number of hydrogen-bond acceptors (Lipinski definition) is 2. The average molecular weight is 319 g/mol. The fourth-order valence-corrected chi connectivity index (χ4v) is 2.41. The fourth-order valence-electron chi connectivity index (χ4n) is 2.41. The molecule has 0 saturated heterocycles. The average Bonchev–Trinajstić information content (AvgIpc) is 2.52. The zero-order valence-corrected chi connectivity index (χ0v) is 14.6. The van der Waals surface area contributed by atoms with Gasteiger partial charge >= 0.3 is 6.03 Å². The lowest BCUT2D eigenvalue weighted by Gasteiger charge is -2.29. The van der Waals surface area contributed by atoms with Crippen LogP contribution in [0.5, 0.6) is 0 Å². The van der Waals surface area contributed by atoms with E-state index in [2.05, 4.69) is 24.5 Å². The first-order valence-corrected chi connectivity index (χ1v) is 8.40. The number of rotatable bonds is 8. The number of para-hydroxylation sites is 1. The Bertz CT molecular complexity index is 482. The maximum absolute atomic E-state index is 12.7. The van der Waals surface area contributed by atoms with Crippen molar-refractivity contribution in [2.75, 3.05) is 18.4 Å². The van der Waals surface area contributed by atoms with Crippen LogP contribution < -0.4 is 10.6 Å². The van der Waals surface area contributed by atoms with Gasteiger partial charge in [0.1, 0.15) is 6.04 Å². The molecule has 1 unspecified atom stereocenters. The Balaban J connectivity index is 2.73. The quantitative estimate of drug-likeness (QED) is 0.770. The van der Waals surface area contributed by atoms with Gasteiger partial charge in [0.05, 0.1) is 0 Å². The van der Waals surface area contributed by atoms with Crippen molar-refractivity contribution in [2.45, 2.75) is 46.6 Å². The number of benzene rings is 1. The number of nitrogens with zero attached hydrogens (tertiary/aromatic N) is 1. The fraction of sp³-hybridized carbons (Fsp3) is 0.556. The Morgan fingerprint density at radius 1 is 1.04 bits per heavy atom. The molecule has 0 spiro atoms. The predicted molar refractivity (Wildman–Crippen MR) is 94.4 cm³/mol. The van der Waals surface area contributed by atoms with Gasteiger partial charge in [-0.25, -0.2) is 4.79 Å². The summed E-state index contributed by atoms with van der Waals surface area (Å²) in [6.45, 7) is 9.43. The molecule has 0 fully saturated rings. The SMILES string of the molecule is CCCN(CCC)C(=O)C(NC(=O)Nc1ccccc1)C(C)C. The van der Waals surface area contributed by atoms with E-state index in [0.717, 1.165) is 25.9 Å². The maximum Gasteiger partial charge on any atom is 0.319 e. The highest BCUT2D eigenvalue weighted by Crippen LogP contribution is 2.10. The van der Waals surface area contributed by atoms with E-state index < -0.39 is 6.04 Å². The number of carbonyl (C=O) groups excluding carboxylic acids is 2. The van der Waals surface area contributed by atoms with Crippen molar-refractivity contribution in [1.29, 1.82) is 0 Å². The molecule has 0 heterocycles. The summed E-state index contributed by atoms with van der Waals surface area (Å²) in [4.78, 5) is 26.8. The maximum atomic E-state index is 12.7. The largest absolute Gasteiger partial charge is 0.341 e. The van der Waals surface area contributed by atoms with Gasteiger partial charge in [-0.2, -0.15) is 0 Å². The summed E-state index contributed by atoms with van der Waals surface area (Å²) in [6, 6.07) is 8.35. The smallest absolute Gasteiger partial charge is 0.319 e. The van der Waals surface area contributed by atoms with E-state index in [4.69, 9.17) is 0 Å².